The molecular weight excluding hydrogens is 277 g/mol. The summed E-state index contributed by atoms with van der Waals surface area (Å²) in [5.41, 5.74) is 6.09. The molecule has 1 atom stereocenters. The van der Waals surface area contributed by atoms with Crippen molar-refractivity contribution >= 4 is 22.6 Å². The second kappa shape index (κ2) is 3.94. The minimum atomic E-state index is -0.609. The average molecular weight is 291 g/mol. The Morgan fingerprint density at radius 1 is 1.46 bits per heavy atom. The van der Waals surface area contributed by atoms with Crippen LogP contribution in [-0.4, -0.2) is 10.6 Å². The predicted octanol–water partition coefficient (Wildman–Crippen LogP) is 2.06. The van der Waals surface area contributed by atoms with Gasteiger partial charge in [-0.15, -0.1) is 0 Å². The van der Waals surface area contributed by atoms with Gasteiger partial charge in [-0.1, -0.05) is 12.1 Å². The molecule has 0 aliphatic heterocycles. The maximum atomic E-state index is 9.85. The van der Waals surface area contributed by atoms with Crippen LogP contribution in [0.2, 0.25) is 0 Å². The number of hydrogen-bond donors (Lipinski definition) is 2. The predicted molar refractivity (Wildman–Crippen MR) is 62.4 cm³/mol. The Bertz CT molecular complexity index is 293. The van der Waals surface area contributed by atoms with Gasteiger partial charge >= 0.3 is 0 Å². The molecule has 0 aliphatic rings. The van der Waals surface area contributed by atoms with Crippen molar-refractivity contribution in [3.63, 3.8) is 0 Å². The number of halogens is 1. The van der Waals surface area contributed by atoms with Gasteiger partial charge in [0.15, 0.2) is 0 Å². The fraction of sp³-hybridized carbons (Fsp3) is 0.400. The Balaban J connectivity index is 2.96. The number of aliphatic hydroxyl groups is 1. The zero-order chi connectivity index (χ0) is 10.1. The summed E-state index contributed by atoms with van der Waals surface area (Å²) >= 11 is 2.22. The third-order valence-electron chi connectivity index (χ3n) is 1.87. The summed E-state index contributed by atoms with van der Waals surface area (Å²) in [5.74, 6) is 0. The summed E-state index contributed by atoms with van der Waals surface area (Å²) < 4.78 is 1.11. The third kappa shape index (κ3) is 2.93. The number of nitrogens with two attached hydrogens (primary N) is 1. The van der Waals surface area contributed by atoms with Gasteiger partial charge in [0, 0.05) is 9.11 Å². The van der Waals surface area contributed by atoms with E-state index in [2.05, 4.69) is 22.6 Å². The second-order valence-electron chi connectivity index (χ2n) is 3.78. The van der Waals surface area contributed by atoms with Gasteiger partial charge in [0.05, 0.1) is 6.10 Å². The van der Waals surface area contributed by atoms with Crippen LogP contribution in [0.4, 0.5) is 0 Å². The highest BCUT2D eigenvalue weighted by Gasteiger charge is 2.24. The fourth-order valence-electron chi connectivity index (χ4n) is 1.11. The van der Waals surface area contributed by atoms with Gasteiger partial charge in [0.25, 0.3) is 0 Å². The minimum absolute atomic E-state index is 0.593. The summed E-state index contributed by atoms with van der Waals surface area (Å²) in [6, 6.07) is 7.74. The van der Waals surface area contributed by atoms with E-state index >= 15 is 0 Å². The van der Waals surface area contributed by atoms with Gasteiger partial charge in [-0.3, -0.25) is 0 Å². The summed E-state index contributed by atoms with van der Waals surface area (Å²) in [7, 11) is 0. The largest absolute Gasteiger partial charge is 0.387 e. The first-order valence-electron chi connectivity index (χ1n) is 4.13. The molecule has 0 saturated heterocycles. The first-order valence-corrected chi connectivity index (χ1v) is 5.21. The Morgan fingerprint density at radius 2 is 2.08 bits per heavy atom. The van der Waals surface area contributed by atoms with Crippen molar-refractivity contribution in [3.8, 4) is 0 Å². The van der Waals surface area contributed by atoms with E-state index in [-0.39, 0.29) is 0 Å². The fourth-order valence-corrected chi connectivity index (χ4v) is 1.67. The van der Waals surface area contributed by atoms with Gasteiger partial charge < -0.3 is 10.8 Å². The van der Waals surface area contributed by atoms with E-state index in [0.29, 0.717) is 0 Å². The Labute approximate surface area is 92.3 Å². The highest BCUT2D eigenvalue weighted by molar-refractivity contribution is 14.1. The summed E-state index contributed by atoms with van der Waals surface area (Å²) in [6.45, 7) is 3.63. The normalized spacial score (nSPS) is 14.2. The maximum absolute atomic E-state index is 9.85. The van der Waals surface area contributed by atoms with Crippen LogP contribution in [0.5, 0.6) is 0 Å². The zero-order valence-corrected chi connectivity index (χ0v) is 9.95. The standard InChI is InChI=1S/C10H14INO/c1-10(2,12)9(13)7-4-3-5-8(11)6-7/h3-6,9,13H,12H2,1-2H3. The van der Waals surface area contributed by atoms with Crippen LogP contribution in [0.3, 0.4) is 0 Å². The maximum Gasteiger partial charge on any atom is 0.0964 e. The molecule has 0 bridgehead atoms. The lowest BCUT2D eigenvalue weighted by Crippen LogP contribution is -2.39. The lowest BCUT2D eigenvalue weighted by molar-refractivity contribution is 0.104. The van der Waals surface area contributed by atoms with E-state index in [1.807, 2.05) is 38.1 Å². The Kier molecular flexibility index (Phi) is 3.32. The van der Waals surface area contributed by atoms with Crippen LogP contribution in [0.15, 0.2) is 24.3 Å². The molecule has 3 N–H and O–H groups in total. The van der Waals surface area contributed by atoms with Crippen molar-refractivity contribution in [1.29, 1.82) is 0 Å². The van der Waals surface area contributed by atoms with E-state index in [4.69, 9.17) is 5.73 Å². The number of benzene rings is 1. The van der Waals surface area contributed by atoms with Crippen molar-refractivity contribution in [1.82, 2.24) is 0 Å². The van der Waals surface area contributed by atoms with Crippen molar-refractivity contribution in [2.24, 2.45) is 5.73 Å². The third-order valence-corrected chi connectivity index (χ3v) is 2.54. The summed E-state index contributed by atoms with van der Waals surface area (Å²) in [6.07, 6.45) is -0.609. The van der Waals surface area contributed by atoms with E-state index in [1.54, 1.807) is 0 Å². The molecule has 0 fully saturated rings. The zero-order valence-electron chi connectivity index (χ0n) is 7.79. The average Bonchev–Trinajstić information content (AvgIpc) is 2.01. The molecular formula is C10H14INO. The molecule has 0 aliphatic carbocycles. The molecule has 72 valence electrons. The SMILES string of the molecule is CC(C)(N)C(O)c1cccc(I)c1. The van der Waals surface area contributed by atoms with Gasteiger partial charge in [0.2, 0.25) is 0 Å². The second-order valence-corrected chi connectivity index (χ2v) is 5.02. The molecule has 13 heavy (non-hydrogen) atoms. The van der Waals surface area contributed by atoms with Gasteiger partial charge in [-0.2, -0.15) is 0 Å². The first-order chi connectivity index (χ1) is 5.91. The van der Waals surface area contributed by atoms with Crippen LogP contribution >= 0.6 is 22.6 Å². The molecule has 0 aromatic heterocycles. The molecule has 0 radical (unpaired) electrons. The molecule has 3 heteroatoms. The molecule has 1 rings (SSSR count). The highest BCUT2D eigenvalue weighted by atomic mass is 127. The molecule has 1 aromatic rings. The van der Waals surface area contributed by atoms with E-state index in [0.717, 1.165) is 9.13 Å². The molecule has 0 heterocycles. The smallest absolute Gasteiger partial charge is 0.0964 e. The first kappa shape index (κ1) is 10.9. The van der Waals surface area contributed by atoms with E-state index in [1.165, 1.54) is 0 Å². The number of aliphatic hydroxyl groups excluding tert-OH is 1. The molecule has 1 aromatic carbocycles. The van der Waals surface area contributed by atoms with Gasteiger partial charge in [0.1, 0.15) is 0 Å². The molecule has 0 saturated carbocycles. The molecule has 0 spiro atoms. The van der Waals surface area contributed by atoms with Crippen molar-refractivity contribution in [2.75, 3.05) is 0 Å². The lowest BCUT2D eigenvalue weighted by atomic mass is 9.93. The van der Waals surface area contributed by atoms with Gasteiger partial charge in [-0.05, 0) is 54.1 Å². The van der Waals surface area contributed by atoms with Crippen LogP contribution in [0.25, 0.3) is 0 Å². The van der Waals surface area contributed by atoms with Crippen LogP contribution < -0.4 is 5.73 Å². The highest BCUT2D eigenvalue weighted by Crippen LogP contribution is 2.24. The molecule has 1 unspecified atom stereocenters. The molecule has 0 amide bonds. The van der Waals surface area contributed by atoms with E-state index < -0.39 is 11.6 Å². The quantitative estimate of drug-likeness (QED) is 0.819. The van der Waals surface area contributed by atoms with Crippen LogP contribution in [-0.2, 0) is 0 Å². The van der Waals surface area contributed by atoms with Crippen LogP contribution in [0.1, 0.15) is 25.5 Å². The van der Waals surface area contributed by atoms with E-state index in [9.17, 15) is 5.11 Å². The summed E-state index contributed by atoms with van der Waals surface area (Å²) in [5, 5.41) is 9.85. The minimum Gasteiger partial charge on any atom is -0.387 e. The topological polar surface area (TPSA) is 46.2 Å². The van der Waals surface area contributed by atoms with Gasteiger partial charge in [-0.25, -0.2) is 0 Å². The summed E-state index contributed by atoms with van der Waals surface area (Å²) in [4.78, 5) is 0. The van der Waals surface area contributed by atoms with Crippen molar-refractivity contribution in [3.05, 3.63) is 33.4 Å². The Hall–Kier alpha value is -0.130. The number of rotatable bonds is 2. The monoisotopic (exact) mass is 291 g/mol. The number of hydrogen-bond acceptors (Lipinski definition) is 2. The van der Waals surface area contributed by atoms with Crippen LogP contribution in [0, 0.1) is 3.57 Å². The van der Waals surface area contributed by atoms with Crippen molar-refractivity contribution in [2.45, 2.75) is 25.5 Å². The molecule has 2 nitrogen and oxygen atoms in total. The lowest BCUT2D eigenvalue weighted by Gasteiger charge is -2.26. The van der Waals surface area contributed by atoms with Crippen molar-refractivity contribution < 1.29 is 5.11 Å². The Morgan fingerprint density at radius 3 is 2.54 bits per heavy atom.